The number of nitrogens with one attached hydrogen (secondary N) is 1. The van der Waals surface area contributed by atoms with Gasteiger partial charge in [0.25, 0.3) is 0 Å². The number of hydrogen-bond acceptors (Lipinski definition) is 6. The number of hydrogen-bond donors (Lipinski definition) is 2. The number of carboxylic acids is 1. The van der Waals surface area contributed by atoms with Crippen molar-refractivity contribution < 1.29 is 42.2 Å². The van der Waals surface area contributed by atoms with Crippen molar-refractivity contribution in [3.05, 3.63) is 0 Å². The second kappa shape index (κ2) is 11.8. The monoisotopic (exact) mass is 484 g/mol. The summed E-state index contributed by atoms with van der Waals surface area (Å²) in [6, 6.07) is -2.38. The van der Waals surface area contributed by atoms with Crippen molar-refractivity contribution in [3.63, 3.8) is 0 Å². The molecule has 0 bridgehead atoms. The molecule has 0 saturated carbocycles. The number of carbonyl (C=O) groups is 4. The molecule has 0 spiro atoms. The zero-order valence-electron chi connectivity index (χ0n) is 18.7. The first-order valence-electron chi connectivity index (χ1n) is 10.4. The Morgan fingerprint density at radius 1 is 1.22 bits per heavy atom. The summed E-state index contributed by atoms with van der Waals surface area (Å²) >= 11 is 0.303. The van der Waals surface area contributed by atoms with E-state index in [0.717, 1.165) is 4.90 Å². The lowest BCUT2D eigenvalue weighted by atomic mass is 10.1. The van der Waals surface area contributed by atoms with Gasteiger partial charge in [0.1, 0.15) is 23.6 Å². The Morgan fingerprint density at radius 3 is 2.34 bits per heavy atom. The molecule has 1 aliphatic heterocycles. The van der Waals surface area contributed by atoms with Crippen molar-refractivity contribution in [2.45, 2.75) is 83.7 Å². The number of unbranched alkanes of at least 4 members (excludes halogenated alkanes) is 1. The van der Waals surface area contributed by atoms with Crippen molar-refractivity contribution in [2.24, 2.45) is 5.92 Å². The third-order valence-electron chi connectivity index (χ3n) is 4.73. The van der Waals surface area contributed by atoms with Gasteiger partial charge >= 0.3 is 18.2 Å². The summed E-state index contributed by atoms with van der Waals surface area (Å²) in [5.74, 6) is -6.14. The highest BCUT2D eigenvalue weighted by Gasteiger charge is 2.49. The third kappa shape index (κ3) is 8.87. The average Bonchev–Trinajstić information content (AvgIpc) is 3.12. The summed E-state index contributed by atoms with van der Waals surface area (Å²) in [5.41, 5.74) is -0.820. The van der Waals surface area contributed by atoms with Crippen LogP contribution in [0.1, 0.15) is 59.8 Å². The van der Waals surface area contributed by atoms with E-state index in [1.165, 1.54) is 0 Å². The number of aliphatic carboxylic acids is 1. The number of carbonyl (C=O) groups excluding carboxylic acids is 3. The Morgan fingerprint density at radius 2 is 1.84 bits per heavy atom. The van der Waals surface area contributed by atoms with Crippen LogP contribution in [0.25, 0.3) is 0 Å². The topological polar surface area (TPSA) is 113 Å². The van der Waals surface area contributed by atoms with E-state index in [4.69, 9.17) is 9.84 Å². The molecule has 8 nitrogen and oxygen atoms in total. The second-order valence-corrected chi connectivity index (χ2v) is 9.62. The summed E-state index contributed by atoms with van der Waals surface area (Å²) in [7, 11) is 0. The maximum absolute atomic E-state index is 13.6. The number of rotatable bonds is 9. The molecule has 0 radical (unpaired) electrons. The molecular weight excluding hydrogens is 453 g/mol. The van der Waals surface area contributed by atoms with Crippen molar-refractivity contribution in [1.82, 2.24) is 10.2 Å². The van der Waals surface area contributed by atoms with Gasteiger partial charge in [-0.05, 0) is 40.0 Å². The van der Waals surface area contributed by atoms with E-state index >= 15 is 0 Å². The van der Waals surface area contributed by atoms with Crippen LogP contribution in [0.4, 0.5) is 18.0 Å². The standard InChI is InChI=1S/C20H31F3N2O6S/c1-5-6-8-13(24-18(30)31-19(2,3)4)17(29)32-11-12(20(21,22)23)15(26)25-10-7-9-14(25)16(27)28/h12-14H,5-11H2,1-4H3,(H,24,30)(H,27,28)/t12?,13-,14-/m0/s1. The van der Waals surface area contributed by atoms with E-state index in [-0.39, 0.29) is 25.8 Å². The molecule has 1 aliphatic rings. The van der Waals surface area contributed by atoms with Gasteiger partial charge in [-0.15, -0.1) is 0 Å². The summed E-state index contributed by atoms with van der Waals surface area (Å²) in [4.78, 5) is 49.1. The number of alkyl halides is 3. The van der Waals surface area contributed by atoms with E-state index in [2.05, 4.69) is 5.32 Å². The maximum atomic E-state index is 13.6. The van der Waals surface area contributed by atoms with Crippen LogP contribution < -0.4 is 5.32 Å². The van der Waals surface area contributed by atoms with E-state index in [9.17, 15) is 32.3 Å². The molecule has 1 rings (SSSR count). The van der Waals surface area contributed by atoms with E-state index in [1.54, 1.807) is 20.8 Å². The molecular formula is C20H31F3N2O6S. The Labute approximate surface area is 189 Å². The normalized spacial score (nSPS) is 18.7. The number of ether oxygens (including phenoxy) is 1. The molecule has 1 saturated heterocycles. The SMILES string of the molecule is CCCC[C@H](NC(=O)OC(C)(C)C)C(=O)SCC(C(=O)N1CCC[C@H]1C(=O)O)C(F)(F)F. The zero-order valence-corrected chi connectivity index (χ0v) is 19.5. The number of nitrogens with zero attached hydrogens (tertiary/aromatic N) is 1. The fraction of sp³-hybridized carbons (Fsp3) is 0.800. The van der Waals surface area contributed by atoms with Gasteiger partial charge in [-0.3, -0.25) is 9.59 Å². The average molecular weight is 485 g/mol. The summed E-state index contributed by atoms with van der Waals surface area (Å²) in [6.07, 6.45) is -4.00. The van der Waals surface area contributed by atoms with Gasteiger partial charge in [0.2, 0.25) is 11.0 Å². The van der Waals surface area contributed by atoms with Crippen molar-refractivity contribution in [3.8, 4) is 0 Å². The largest absolute Gasteiger partial charge is 0.480 e. The predicted molar refractivity (Wildman–Crippen MR) is 112 cm³/mol. The van der Waals surface area contributed by atoms with Crippen LogP contribution in [0.5, 0.6) is 0 Å². The van der Waals surface area contributed by atoms with Crippen LogP contribution in [-0.4, -0.2) is 69.3 Å². The van der Waals surface area contributed by atoms with Crippen molar-refractivity contribution in [2.75, 3.05) is 12.3 Å². The highest BCUT2D eigenvalue weighted by Crippen LogP contribution is 2.33. The summed E-state index contributed by atoms with van der Waals surface area (Å²) in [6.45, 7) is 6.67. The van der Waals surface area contributed by atoms with Crippen LogP contribution in [-0.2, 0) is 19.1 Å². The Balaban J connectivity index is 2.89. The molecule has 32 heavy (non-hydrogen) atoms. The van der Waals surface area contributed by atoms with Gasteiger partial charge in [-0.2, -0.15) is 13.2 Å². The lowest BCUT2D eigenvalue weighted by Gasteiger charge is -2.28. The number of carboxylic acid groups (broad SMARTS) is 1. The molecule has 0 aromatic carbocycles. The Hall–Kier alpha value is -1.98. The predicted octanol–water partition coefficient (Wildman–Crippen LogP) is 3.58. The molecule has 12 heteroatoms. The first-order chi connectivity index (χ1) is 14.7. The smallest absolute Gasteiger partial charge is 0.408 e. The molecule has 1 unspecified atom stereocenters. The fourth-order valence-electron chi connectivity index (χ4n) is 3.17. The molecule has 184 valence electrons. The van der Waals surface area contributed by atoms with Crippen molar-refractivity contribution >= 4 is 34.8 Å². The minimum atomic E-state index is -4.95. The zero-order chi connectivity index (χ0) is 24.7. The first-order valence-corrected chi connectivity index (χ1v) is 11.4. The Bertz CT molecular complexity index is 696. The highest BCUT2D eigenvalue weighted by atomic mass is 32.2. The van der Waals surface area contributed by atoms with Gasteiger partial charge in [0, 0.05) is 12.3 Å². The molecule has 3 atom stereocenters. The maximum Gasteiger partial charge on any atom is 0.408 e. The van der Waals surface area contributed by atoms with Gasteiger partial charge < -0.3 is 20.1 Å². The van der Waals surface area contributed by atoms with Crippen LogP contribution in [0, 0.1) is 5.92 Å². The second-order valence-electron chi connectivity index (χ2n) is 8.59. The molecule has 0 aliphatic carbocycles. The molecule has 0 aromatic heterocycles. The minimum Gasteiger partial charge on any atom is -0.480 e. The molecule has 0 aromatic rings. The molecule has 2 amide bonds. The molecule has 1 fully saturated rings. The van der Waals surface area contributed by atoms with E-state index in [1.807, 2.05) is 6.92 Å². The van der Waals surface area contributed by atoms with Gasteiger partial charge in [-0.25, -0.2) is 9.59 Å². The first kappa shape index (κ1) is 28.1. The summed E-state index contributed by atoms with van der Waals surface area (Å²) in [5, 5.41) is 10.8. The number of likely N-dealkylation sites (tertiary alicyclic amines) is 1. The highest BCUT2D eigenvalue weighted by molar-refractivity contribution is 8.13. The summed E-state index contributed by atoms with van der Waals surface area (Å²) < 4.78 is 45.9. The Kier molecular flexibility index (Phi) is 10.3. The number of thioether (sulfide) groups is 1. The van der Waals surface area contributed by atoms with E-state index in [0.29, 0.717) is 24.6 Å². The fourth-order valence-corrected chi connectivity index (χ4v) is 4.21. The number of halogens is 3. The third-order valence-corrected chi connectivity index (χ3v) is 5.80. The van der Waals surface area contributed by atoms with Gasteiger partial charge in [-0.1, -0.05) is 31.5 Å². The van der Waals surface area contributed by atoms with Crippen LogP contribution in [0.3, 0.4) is 0 Å². The van der Waals surface area contributed by atoms with Crippen LogP contribution >= 0.6 is 11.8 Å². The number of alkyl carbamates (subject to hydrolysis) is 1. The quantitative estimate of drug-likeness (QED) is 0.514. The molecule has 2 N–H and O–H groups in total. The van der Waals surface area contributed by atoms with E-state index < -0.39 is 58.6 Å². The minimum absolute atomic E-state index is 0.0800. The lowest BCUT2D eigenvalue weighted by molar-refractivity contribution is -0.186. The van der Waals surface area contributed by atoms with Crippen LogP contribution in [0.15, 0.2) is 0 Å². The van der Waals surface area contributed by atoms with Crippen LogP contribution in [0.2, 0.25) is 0 Å². The van der Waals surface area contributed by atoms with Crippen molar-refractivity contribution in [1.29, 1.82) is 0 Å². The number of amides is 2. The molecule has 1 heterocycles. The van der Waals surface area contributed by atoms with Gasteiger partial charge in [0.05, 0.1) is 0 Å². The van der Waals surface area contributed by atoms with Gasteiger partial charge in [0.15, 0.2) is 0 Å². The lowest BCUT2D eigenvalue weighted by Crippen LogP contribution is -2.48.